The standard InChI is InChI=1S/C23H23FN2O2/c24-17-5-7-18(8-6-17)26-22(27)15-16-9-12-23(28,13-10-16)20-11-14-25-21-4-2-1-3-19(20)21/h1-8,11,14,16,28H,9-10,12-13,15H2,(H,26,27). The summed E-state index contributed by atoms with van der Waals surface area (Å²) in [7, 11) is 0. The van der Waals surface area contributed by atoms with E-state index in [1.54, 1.807) is 18.3 Å². The Morgan fingerprint density at radius 3 is 2.57 bits per heavy atom. The predicted molar refractivity (Wildman–Crippen MR) is 107 cm³/mol. The first-order valence-electron chi connectivity index (χ1n) is 9.65. The second-order valence-electron chi connectivity index (χ2n) is 7.61. The molecule has 1 saturated carbocycles. The molecule has 2 aromatic carbocycles. The lowest BCUT2D eigenvalue weighted by Gasteiger charge is -2.37. The molecule has 0 aliphatic heterocycles. The van der Waals surface area contributed by atoms with Gasteiger partial charge < -0.3 is 10.4 Å². The van der Waals surface area contributed by atoms with Gasteiger partial charge in [-0.15, -0.1) is 0 Å². The van der Waals surface area contributed by atoms with Crippen molar-refractivity contribution in [3.05, 3.63) is 72.2 Å². The van der Waals surface area contributed by atoms with Gasteiger partial charge in [-0.2, -0.15) is 0 Å². The summed E-state index contributed by atoms with van der Waals surface area (Å²) >= 11 is 0. The maximum absolute atomic E-state index is 13.0. The van der Waals surface area contributed by atoms with E-state index in [-0.39, 0.29) is 17.6 Å². The third-order valence-corrected chi connectivity index (χ3v) is 5.68. The minimum absolute atomic E-state index is 0.0728. The monoisotopic (exact) mass is 378 g/mol. The molecule has 4 rings (SSSR count). The quantitative estimate of drug-likeness (QED) is 0.687. The van der Waals surface area contributed by atoms with Crippen LogP contribution >= 0.6 is 0 Å². The Hall–Kier alpha value is -2.79. The number of hydrogen-bond donors (Lipinski definition) is 2. The maximum Gasteiger partial charge on any atom is 0.224 e. The zero-order valence-electron chi connectivity index (χ0n) is 15.6. The topological polar surface area (TPSA) is 62.2 Å². The highest BCUT2D eigenvalue weighted by atomic mass is 19.1. The number of nitrogens with zero attached hydrogens (tertiary/aromatic N) is 1. The van der Waals surface area contributed by atoms with Gasteiger partial charge in [0.25, 0.3) is 0 Å². The zero-order chi connectivity index (χ0) is 19.6. The van der Waals surface area contributed by atoms with Crippen molar-refractivity contribution in [1.29, 1.82) is 0 Å². The van der Waals surface area contributed by atoms with Crippen LogP contribution in [0.3, 0.4) is 0 Å². The first kappa shape index (κ1) is 18.6. The van der Waals surface area contributed by atoms with Crippen LogP contribution in [0, 0.1) is 11.7 Å². The number of aliphatic hydroxyl groups is 1. The van der Waals surface area contributed by atoms with Gasteiger partial charge in [-0.25, -0.2) is 4.39 Å². The van der Waals surface area contributed by atoms with E-state index in [1.165, 1.54) is 12.1 Å². The molecule has 4 nitrogen and oxygen atoms in total. The van der Waals surface area contributed by atoms with Crippen LogP contribution in [0.5, 0.6) is 0 Å². The fourth-order valence-corrected chi connectivity index (χ4v) is 4.14. The van der Waals surface area contributed by atoms with Crippen molar-refractivity contribution in [2.75, 3.05) is 5.32 Å². The number of hydrogen-bond acceptors (Lipinski definition) is 3. The van der Waals surface area contributed by atoms with Crippen LogP contribution in [0.1, 0.15) is 37.7 Å². The lowest BCUT2D eigenvalue weighted by Crippen LogP contribution is -2.33. The van der Waals surface area contributed by atoms with Gasteiger partial charge in [0.05, 0.1) is 11.1 Å². The summed E-state index contributed by atoms with van der Waals surface area (Å²) in [5.41, 5.74) is 1.52. The SMILES string of the molecule is O=C(CC1CCC(O)(c2ccnc3ccccc23)CC1)Nc1ccc(F)cc1. The van der Waals surface area contributed by atoms with Gasteiger partial charge in [0.2, 0.25) is 5.91 Å². The number of nitrogens with one attached hydrogen (secondary N) is 1. The molecule has 1 aliphatic carbocycles. The summed E-state index contributed by atoms with van der Waals surface area (Å²) in [6.45, 7) is 0. The molecule has 0 bridgehead atoms. The van der Waals surface area contributed by atoms with Crippen molar-refractivity contribution >= 4 is 22.5 Å². The third kappa shape index (κ3) is 3.90. The average molecular weight is 378 g/mol. The van der Waals surface area contributed by atoms with Crippen LogP contribution in [-0.2, 0) is 10.4 Å². The molecule has 0 radical (unpaired) electrons. The minimum atomic E-state index is -0.882. The van der Waals surface area contributed by atoms with Crippen LogP contribution in [0.25, 0.3) is 10.9 Å². The molecule has 28 heavy (non-hydrogen) atoms. The molecule has 5 heteroatoms. The van der Waals surface area contributed by atoms with E-state index in [2.05, 4.69) is 10.3 Å². The van der Waals surface area contributed by atoms with E-state index >= 15 is 0 Å². The van der Waals surface area contributed by atoms with Crippen molar-refractivity contribution in [1.82, 2.24) is 4.98 Å². The summed E-state index contributed by atoms with van der Waals surface area (Å²) in [5, 5.41) is 15.1. The zero-order valence-corrected chi connectivity index (χ0v) is 15.6. The Labute approximate surface area is 163 Å². The molecule has 3 aromatic rings. The molecule has 1 aliphatic rings. The Kier molecular flexibility index (Phi) is 5.09. The summed E-state index contributed by atoms with van der Waals surface area (Å²) in [6.07, 6.45) is 4.96. The summed E-state index contributed by atoms with van der Waals surface area (Å²) in [5.74, 6) is -0.168. The number of fused-ring (bicyclic) bond motifs is 1. The number of rotatable bonds is 4. The van der Waals surface area contributed by atoms with Crippen molar-refractivity contribution in [2.24, 2.45) is 5.92 Å². The molecule has 2 N–H and O–H groups in total. The highest BCUT2D eigenvalue weighted by Crippen LogP contribution is 2.42. The first-order chi connectivity index (χ1) is 13.5. The predicted octanol–water partition coefficient (Wildman–Crippen LogP) is 4.78. The lowest BCUT2D eigenvalue weighted by atomic mass is 9.73. The average Bonchev–Trinajstić information content (AvgIpc) is 2.71. The molecule has 0 saturated heterocycles. The van der Waals surface area contributed by atoms with Gasteiger partial charge in [0.15, 0.2) is 0 Å². The molecule has 1 heterocycles. The maximum atomic E-state index is 13.0. The number of benzene rings is 2. The molecular formula is C23H23FN2O2. The highest BCUT2D eigenvalue weighted by molar-refractivity contribution is 5.90. The van der Waals surface area contributed by atoms with E-state index in [0.29, 0.717) is 24.9 Å². The Bertz CT molecular complexity index is 974. The molecule has 144 valence electrons. The van der Waals surface area contributed by atoms with Gasteiger partial charge >= 0.3 is 0 Å². The van der Waals surface area contributed by atoms with Crippen molar-refractivity contribution in [3.8, 4) is 0 Å². The third-order valence-electron chi connectivity index (χ3n) is 5.68. The Balaban J connectivity index is 1.39. The molecule has 1 fully saturated rings. The number of anilines is 1. The van der Waals surface area contributed by atoms with E-state index in [0.717, 1.165) is 29.3 Å². The number of carbonyl (C=O) groups excluding carboxylic acids is 1. The summed E-state index contributed by atoms with van der Waals surface area (Å²) < 4.78 is 13.0. The smallest absolute Gasteiger partial charge is 0.224 e. The van der Waals surface area contributed by atoms with Crippen LogP contribution in [0.4, 0.5) is 10.1 Å². The first-order valence-corrected chi connectivity index (χ1v) is 9.65. The number of para-hydroxylation sites is 1. The van der Waals surface area contributed by atoms with Crippen molar-refractivity contribution in [2.45, 2.75) is 37.7 Å². The number of pyridine rings is 1. The molecule has 0 atom stereocenters. The van der Waals surface area contributed by atoms with Gasteiger partial charge in [0, 0.05) is 23.7 Å². The lowest BCUT2D eigenvalue weighted by molar-refractivity contribution is -0.118. The van der Waals surface area contributed by atoms with Crippen LogP contribution in [0.2, 0.25) is 0 Å². The molecule has 1 aromatic heterocycles. The second-order valence-corrected chi connectivity index (χ2v) is 7.61. The van der Waals surface area contributed by atoms with E-state index < -0.39 is 5.60 Å². The van der Waals surface area contributed by atoms with Crippen LogP contribution in [-0.4, -0.2) is 16.0 Å². The van der Waals surface area contributed by atoms with Crippen LogP contribution < -0.4 is 5.32 Å². The highest BCUT2D eigenvalue weighted by Gasteiger charge is 2.36. The number of halogens is 1. The molecule has 0 unspecified atom stereocenters. The van der Waals surface area contributed by atoms with Crippen molar-refractivity contribution < 1.29 is 14.3 Å². The summed E-state index contributed by atoms with van der Waals surface area (Å²) in [4.78, 5) is 16.7. The fourth-order valence-electron chi connectivity index (χ4n) is 4.14. The van der Waals surface area contributed by atoms with Gasteiger partial charge in [-0.3, -0.25) is 9.78 Å². The largest absolute Gasteiger partial charge is 0.385 e. The minimum Gasteiger partial charge on any atom is -0.385 e. The fraction of sp³-hybridized carbons (Fsp3) is 0.304. The normalized spacial score (nSPS) is 22.1. The number of amides is 1. The van der Waals surface area contributed by atoms with E-state index in [4.69, 9.17) is 0 Å². The number of carbonyl (C=O) groups is 1. The van der Waals surface area contributed by atoms with E-state index in [9.17, 15) is 14.3 Å². The number of aromatic nitrogens is 1. The summed E-state index contributed by atoms with van der Waals surface area (Å²) in [6, 6.07) is 15.5. The van der Waals surface area contributed by atoms with Gasteiger partial charge in [-0.05, 0) is 73.6 Å². The molecule has 0 spiro atoms. The van der Waals surface area contributed by atoms with Gasteiger partial charge in [-0.1, -0.05) is 18.2 Å². The van der Waals surface area contributed by atoms with Crippen LogP contribution in [0.15, 0.2) is 60.8 Å². The molecular weight excluding hydrogens is 355 g/mol. The van der Waals surface area contributed by atoms with E-state index in [1.807, 2.05) is 30.3 Å². The van der Waals surface area contributed by atoms with Crippen molar-refractivity contribution in [3.63, 3.8) is 0 Å². The van der Waals surface area contributed by atoms with Gasteiger partial charge in [0.1, 0.15) is 5.82 Å². The molecule has 1 amide bonds. The second kappa shape index (κ2) is 7.68. The Morgan fingerprint density at radius 1 is 1.11 bits per heavy atom. The Morgan fingerprint density at radius 2 is 1.82 bits per heavy atom.